The zero-order valence-electron chi connectivity index (χ0n) is 12.8. The maximum atomic E-state index is 3.57. The van der Waals surface area contributed by atoms with Crippen LogP contribution in [0.5, 0.6) is 0 Å². The summed E-state index contributed by atoms with van der Waals surface area (Å²) in [5.41, 5.74) is 8.49. The third-order valence-electron chi connectivity index (χ3n) is 4.29. The lowest BCUT2D eigenvalue weighted by atomic mass is 10.1. The van der Waals surface area contributed by atoms with E-state index in [4.69, 9.17) is 0 Å². The molecule has 0 aliphatic heterocycles. The first-order chi connectivity index (χ1) is 10.6. The van der Waals surface area contributed by atoms with E-state index < -0.39 is 0 Å². The van der Waals surface area contributed by atoms with E-state index >= 15 is 0 Å². The Morgan fingerprint density at radius 3 is 2.41 bits per heavy atom. The molecule has 112 valence electrons. The third kappa shape index (κ3) is 3.13. The minimum atomic E-state index is 1.04. The van der Waals surface area contributed by atoms with Crippen LogP contribution in [0.1, 0.15) is 36.1 Å². The molecule has 0 fully saturated rings. The lowest BCUT2D eigenvalue weighted by Gasteiger charge is -2.00. The van der Waals surface area contributed by atoms with Crippen molar-refractivity contribution in [3.05, 3.63) is 79.7 Å². The first-order valence-corrected chi connectivity index (χ1v) is 9.04. The van der Waals surface area contributed by atoms with E-state index in [1.165, 1.54) is 37.9 Å². The highest BCUT2D eigenvalue weighted by Crippen LogP contribution is 2.36. The van der Waals surface area contributed by atoms with Crippen molar-refractivity contribution in [3.8, 4) is 0 Å². The molecule has 0 nitrogen and oxygen atoms in total. The van der Waals surface area contributed by atoms with Gasteiger partial charge in [-0.2, -0.15) is 0 Å². The van der Waals surface area contributed by atoms with E-state index in [2.05, 4.69) is 94.2 Å². The zero-order chi connectivity index (χ0) is 15.7. The lowest BCUT2D eigenvalue weighted by Crippen LogP contribution is -1.81. The van der Waals surface area contributed by atoms with Gasteiger partial charge in [0.05, 0.1) is 0 Å². The molecule has 0 radical (unpaired) electrons. The Morgan fingerprint density at radius 2 is 1.64 bits per heavy atom. The fraction of sp³-hybridized carbons (Fsp3) is 0.200. The monoisotopic (exact) mass is 416 g/mol. The summed E-state index contributed by atoms with van der Waals surface area (Å²) in [6.07, 6.45) is 4.45. The average Bonchev–Trinajstić information content (AvgIpc) is 3.02. The predicted molar refractivity (Wildman–Crippen MR) is 103 cm³/mol. The molecule has 0 spiro atoms. The van der Waals surface area contributed by atoms with E-state index in [0.717, 1.165) is 17.3 Å². The molecule has 2 aromatic rings. The molecule has 0 heterocycles. The number of hydrogen-bond donors (Lipinski definition) is 0. The van der Waals surface area contributed by atoms with Crippen LogP contribution in [0.2, 0.25) is 0 Å². The summed E-state index contributed by atoms with van der Waals surface area (Å²) in [6.45, 7) is 4.33. The average molecular weight is 418 g/mol. The van der Waals surface area contributed by atoms with E-state index in [1.54, 1.807) is 0 Å². The summed E-state index contributed by atoms with van der Waals surface area (Å²) in [5.74, 6) is 0. The van der Waals surface area contributed by atoms with Crippen molar-refractivity contribution in [2.45, 2.75) is 26.7 Å². The van der Waals surface area contributed by atoms with Crippen LogP contribution in [0.15, 0.2) is 57.5 Å². The van der Waals surface area contributed by atoms with Crippen LogP contribution in [0.3, 0.4) is 0 Å². The van der Waals surface area contributed by atoms with Crippen molar-refractivity contribution in [2.24, 2.45) is 0 Å². The van der Waals surface area contributed by atoms with Gasteiger partial charge in [0.2, 0.25) is 0 Å². The van der Waals surface area contributed by atoms with Gasteiger partial charge in [-0.3, -0.25) is 0 Å². The van der Waals surface area contributed by atoms with Gasteiger partial charge in [0.1, 0.15) is 0 Å². The van der Waals surface area contributed by atoms with Crippen LogP contribution in [-0.4, -0.2) is 0 Å². The van der Waals surface area contributed by atoms with Gasteiger partial charge < -0.3 is 0 Å². The van der Waals surface area contributed by atoms with Crippen molar-refractivity contribution in [3.63, 3.8) is 0 Å². The third-order valence-corrected chi connectivity index (χ3v) is 5.66. The maximum Gasteiger partial charge on any atom is 0.0178 e. The molecule has 0 N–H and O–H groups in total. The summed E-state index contributed by atoms with van der Waals surface area (Å²) in [6, 6.07) is 15.0. The minimum Gasteiger partial charge on any atom is -0.0766 e. The highest BCUT2D eigenvalue weighted by Gasteiger charge is 2.15. The predicted octanol–water partition coefficient (Wildman–Crippen LogP) is 6.78. The molecule has 0 bridgehead atoms. The molecule has 2 aromatic carbocycles. The number of fused-ring (bicyclic) bond motifs is 2. The van der Waals surface area contributed by atoms with E-state index in [0.29, 0.717) is 0 Å². The first kappa shape index (κ1) is 15.8. The number of benzene rings is 2. The Labute approximate surface area is 149 Å². The van der Waals surface area contributed by atoms with Crippen molar-refractivity contribution in [2.75, 3.05) is 0 Å². The molecule has 4 rings (SSSR count). The summed E-state index contributed by atoms with van der Waals surface area (Å²) in [4.78, 5) is 0. The molecule has 0 saturated heterocycles. The van der Waals surface area contributed by atoms with Crippen molar-refractivity contribution < 1.29 is 0 Å². The largest absolute Gasteiger partial charge is 0.0766 e. The normalized spacial score (nSPS) is 15.0. The van der Waals surface area contributed by atoms with Crippen LogP contribution < -0.4 is 0 Å². The fourth-order valence-corrected chi connectivity index (χ4v) is 3.90. The molecular weight excluding hydrogens is 400 g/mol. The lowest BCUT2D eigenvalue weighted by molar-refractivity contribution is 1.29. The molecule has 0 aromatic heterocycles. The van der Waals surface area contributed by atoms with Gasteiger partial charge in [0, 0.05) is 15.4 Å². The van der Waals surface area contributed by atoms with Crippen LogP contribution in [-0.2, 0) is 12.8 Å². The zero-order valence-corrected chi connectivity index (χ0v) is 16.0. The van der Waals surface area contributed by atoms with Crippen molar-refractivity contribution in [1.29, 1.82) is 0 Å². The van der Waals surface area contributed by atoms with Gasteiger partial charge in [0.25, 0.3) is 0 Å². The van der Waals surface area contributed by atoms with E-state index in [9.17, 15) is 0 Å². The Kier molecular flexibility index (Phi) is 4.70. The topological polar surface area (TPSA) is 0 Å². The summed E-state index contributed by atoms with van der Waals surface area (Å²) >= 11 is 7.04. The highest BCUT2D eigenvalue weighted by molar-refractivity contribution is 9.11. The second-order valence-corrected chi connectivity index (χ2v) is 7.63. The Morgan fingerprint density at radius 1 is 0.864 bits per heavy atom. The Balaban J connectivity index is 0.000000133. The molecule has 0 atom stereocenters. The number of halogens is 2. The smallest absolute Gasteiger partial charge is 0.0178 e. The van der Waals surface area contributed by atoms with Gasteiger partial charge in [0.15, 0.2) is 0 Å². The molecule has 0 amide bonds. The number of allylic oxidation sites excluding steroid dienone is 4. The molecular formula is C20H18Br2. The number of rotatable bonds is 0. The SMILES string of the molecule is CC1=C(Br)Cc2cc(Br)ccc21.CC1=CCc2ccccc21. The fourth-order valence-electron chi connectivity index (χ4n) is 2.98. The van der Waals surface area contributed by atoms with Crippen LogP contribution in [0.4, 0.5) is 0 Å². The second kappa shape index (κ2) is 6.55. The second-order valence-electron chi connectivity index (χ2n) is 5.76. The molecule has 2 heteroatoms. The molecule has 0 unspecified atom stereocenters. The van der Waals surface area contributed by atoms with Crippen LogP contribution in [0.25, 0.3) is 11.1 Å². The van der Waals surface area contributed by atoms with Gasteiger partial charge in [-0.15, -0.1) is 0 Å². The van der Waals surface area contributed by atoms with Gasteiger partial charge in [-0.05, 0) is 65.8 Å². The summed E-state index contributed by atoms with van der Waals surface area (Å²) in [5, 5.41) is 0. The standard InChI is InChI=1S/C10H8Br2.C10H10/c1-6-9-3-2-8(11)4-7(9)5-10(6)12;1-8-6-7-9-4-2-3-5-10(8)9/h2-4H,5H2,1H3;2-6H,7H2,1H3. The van der Waals surface area contributed by atoms with Crippen LogP contribution >= 0.6 is 31.9 Å². The van der Waals surface area contributed by atoms with Gasteiger partial charge in [-0.25, -0.2) is 0 Å². The number of hydrogen-bond acceptors (Lipinski definition) is 0. The van der Waals surface area contributed by atoms with Crippen LogP contribution in [0, 0.1) is 0 Å². The Bertz CT molecular complexity index is 782. The summed E-state index contributed by atoms with van der Waals surface area (Å²) < 4.78 is 2.48. The highest BCUT2D eigenvalue weighted by atomic mass is 79.9. The van der Waals surface area contributed by atoms with E-state index in [1.807, 2.05) is 0 Å². The molecule has 22 heavy (non-hydrogen) atoms. The first-order valence-electron chi connectivity index (χ1n) is 7.45. The van der Waals surface area contributed by atoms with Crippen molar-refractivity contribution in [1.82, 2.24) is 0 Å². The summed E-state index contributed by atoms with van der Waals surface area (Å²) in [7, 11) is 0. The molecule has 2 aliphatic carbocycles. The van der Waals surface area contributed by atoms with Gasteiger partial charge >= 0.3 is 0 Å². The van der Waals surface area contributed by atoms with E-state index in [-0.39, 0.29) is 0 Å². The Hall–Kier alpha value is -1.12. The minimum absolute atomic E-state index is 1.04. The van der Waals surface area contributed by atoms with Gasteiger partial charge in [-0.1, -0.05) is 68.3 Å². The van der Waals surface area contributed by atoms with Crippen molar-refractivity contribution >= 4 is 43.0 Å². The molecule has 2 aliphatic rings. The molecule has 0 saturated carbocycles. The quantitative estimate of drug-likeness (QED) is 0.443. The maximum absolute atomic E-state index is 3.57.